The average molecular weight is 264 g/mol. The van der Waals surface area contributed by atoms with Crippen LogP contribution >= 0.6 is 0 Å². The van der Waals surface area contributed by atoms with Gasteiger partial charge in [-0.3, -0.25) is 0 Å². The first-order valence-corrected chi connectivity index (χ1v) is 6.50. The van der Waals surface area contributed by atoms with Crippen molar-refractivity contribution in [3.05, 3.63) is 58.1 Å². The normalized spacial score (nSPS) is 11.7. The van der Waals surface area contributed by atoms with E-state index in [1.807, 2.05) is 44.2 Å². The van der Waals surface area contributed by atoms with Crippen molar-refractivity contribution in [2.45, 2.75) is 13.8 Å². The fourth-order valence-corrected chi connectivity index (χ4v) is 2.91. The van der Waals surface area contributed by atoms with Crippen LogP contribution in [0.1, 0.15) is 11.3 Å². The second-order valence-electron chi connectivity index (χ2n) is 5.12. The first kappa shape index (κ1) is 11.3. The van der Waals surface area contributed by atoms with Crippen molar-refractivity contribution >= 4 is 32.7 Å². The van der Waals surface area contributed by atoms with Crippen LogP contribution in [0.25, 0.3) is 32.7 Å². The summed E-state index contributed by atoms with van der Waals surface area (Å²) in [7, 11) is 0. The van der Waals surface area contributed by atoms with Crippen LogP contribution in [0.4, 0.5) is 0 Å². The zero-order valence-electron chi connectivity index (χ0n) is 11.2. The minimum atomic E-state index is -0.315. The molecule has 0 bridgehead atoms. The van der Waals surface area contributed by atoms with E-state index in [0.717, 1.165) is 38.5 Å². The fraction of sp³-hybridized carbons (Fsp3) is 0.118. The van der Waals surface area contributed by atoms with Gasteiger partial charge in [-0.05, 0) is 43.0 Å². The highest BCUT2D eigenvalue weighted by atomic mass is 16.4. The van der Waals surface area contributed by atoms with Crippen LogP contribution in [0.3, 0.4) is 0 Å². The smallest absolute Gasteiger partial charge is 0.336 e. The van der Waals surface area contributed by atoms with Crippen molar-refractivity contribution in [3.63, 3.8) is 0 Å². The molecule has 3 heteroatoms. The maximum atomic E-state index is 11.5. The minimum absolute atomic E-state index is 0.315. The lowest BCUT2D eigenvalue weighted by atomic mass is 9.99. The Morgan fingerprint density at radius 1 is 0.850 bits per heavy atom. The fourth-order valence-electron chi connectivity index (χ4n) is 2.91. The van der Waals surface area contributed by atoms with Gasteiger partial charge in [-0.1, -0.05) is 12.1 Å². The third kappa shape index (κ3) is 1.43. The van der Waals surface area contributed by atoms with Gasteiger partial charge in [0.1, 0.15) is 16.9 Å². The molecule has 2 aromatic heterocycles. The molecule has 0 atom stereocenters. The number of furan rings is 1. The van der Waals surface area contributed by atoms with Crippen LogP contribution < -0.4 is 5.63 Å². The Morgan fingerprint density at radius 2 is 1.60 bits per heavy atom. The molecule has 3 nitrogen and oxygen atoms in total. The molecular formula is C17H12O3. The van der Waals surface area contributed by atoms with Crippen LogP contribution in [0, 0.1) is 13.8 Å². The van der Waals surface area contributed by atoms with Crippen molar-refractivity contribution in [3.8, 4) is 0 Å². The van der Waals surface area contributed by atoms with Gasteiger partial charge in [-0.25, -0.2) is 4.79 Å². The molecule has 2 heterocycles. The first-order valence-electron chi connectivity index (χ1n) is 6.50. The molecule has 0 radical (unpaired) electrons. The van der Waals surface area contributed by atoms with Gasteiger partial charge in [0.2, 0.25) is 0 Å². The van der Waals surface area contributed by atoms with E-state index < -0.39 is 0 Å². The SMILES string of the molecule is Cc1cc2c(ccc3ccc4oc(=O)cc(C)c4c32)o1. The number of aryl methyl sites for hydroxylation is 2. The summed E-state index contributed by atoms with van der Waals surface area (Å²) in [6.45, 7) is 3.87. The van der Waals surface area contributed by atoms with Gasteiger partial charge in [0.15, 0.2) is 0 Å². The lowest BCUT2D eigenvalue weighted by Crippen LogP contribution is -1.98. The Balaban J connectivity index is 2.39. The molecule has 0 amide bonds. The molecule has 4 rings (SSSR count). The van der Waals surface area contributed by atoms with Crippen LogP contribution in [-0.4, -0.2) is 0 Å². The summed E-state index contributed by atoms with van der Waals surface area (Å²) in [4.78, 5) is 11.5. The topological polar surface area (TPSA) is 43.4 Å². The number of hydrogen-bond acceptors (Lipinski definition) is 3. The van der Waals surface area contributed by atoms with Crippen LogP contribution in [-0.2, 0) is 0 Å². The quantitative estimate of drug-likeness (QED) is 0.351. The summed E-state index contributed by atoms with van der Waals surface area (Å²) < 4.78 is 11.0. The van der Waals surface area contributed by atoms with Crippen molar-refractivity contribution < 1.29 is 8.83 Å². The number of rotatable bonds is 0. The molecule has 4 aromatic rings. The molecule has 20 heavy (non-hydrogen) atoms. The lowest BCUT2D eigenvalue weighted by Gasteiger charge is -2.06. The highest BCUT2D eigenvalue weighted by Crippen LogP contribution is 2.34. The van der Waals surface area contributed by atoms with Crippen molar-refractivity contribution in [1.29, 1.82) is 0 Å². The van der Waals surface area contributed by atoms with E-state index in [-0.39, 0.29) is 5.63 Å². The van der Waals surface area contributed by atoms with E-state index in [2.05, 4.69) is 0 Å². The van der Waals surface area contributed by atoms with E-state index in [1.54, 1.807) is 0 Å². The Bertz CT molecular complexity index is 1030. The molecular weight excluding hydrogens is 252 g/mol. The molecule has 0 unspecified atom stereocenters. The summed E-state index contributed by atoms with van der Waals surface area (Å²) >= 11 is 0. The summed E-state index contributed by atoms with van der Waals surface area (Å²) in [6, 6.07) is 11.4. The van der Waals surface area contributed by atoms with Crippen molar-refractivity contribution in [1.82, 2.24) is 0 Å². The van der Waals surface area contributed by atoms with Gasteiger partial charge < -0.3 is 8.83 Å². The summed E-state index contributed by atoms with van der Waals surface area (Å²) in [5.74, 6) is 0.875. The lowest BCUT2D eigenvalue weighted by molar-refractivity contribution is 0.560. The van der Waals surface area contributed by atoms with E-state index in [9.17, 15) is 4.79 Å². The van der Waals surface area contributed by atoms with E-state index in [1.165, 1.54) is 6.07 Å². The Labute approximate surface area is 114 Å². The van der Waals surface area contributed by atoms with E-state index in [0.29, 0.717) is 5.58 Å². The largest absolute Gasteiger partial charge is 0.461 e. The molecule has 0 spiro atoms. The summed E-state index contributed by atoms with van der Waals surface area (Å²) in [5, 5.41) is 4.23. The van der Waals surface area contributed by atoms with Gasteiger partial charge in [0.05, 0.1) is 0 Å². The first-order chi connectivity index (χ1) is 9.63. The van der Waals surface area contributed by atoms with Gasteiger partial charge in [-0.2, -0.15) is 0 Å². The van der Waals surface area contributed by atoms with Crippen LogP contribution in [0.15, 0.2) is 50.0 Å². The highest BCUT2D eigenvalue weighted by Gasteiger charge is 2.12. The predicted molar refractivity (Wildman–Crippen MR) is 79.2 cm³/mol. The van der Waals surface area contributed by atoms with Gasteiger partial charge in [0, 0.05) is 22.2 Å². The third-order valence-electron chi connectivity index (χ3n) is 3.71. The van der Waals surface area contributed by atoms with Gasteiger partial charge in [0.25, 0.3) is 0 Å². The zero-order chi connectivity index (χ0) is 13.9. The van der Waals surface area contributed by atoms with Crippen LogP contribution in [0.5, 0.6) is 0 Å². The van der Waals surface area contributed by atoms with E-state index in [4.69, 9.17) is 8.83 Å². The average Bonchev–Trinajstić information content (AvgIpc) is 2.78. The van der Waals surface area contributed by atoms with Gasteiger partial charge in [-0.15, -0.1) is 0 Å². The maximum Gasteiger partial charge on any atom is 0.336 e. The maximum absolute atomic E-state index is 11.5. The number of benzene rings is 2. The van der Waals surface area contributed by atoms with Crippen molar-refractivity contribution in [2.24, 2.45) is 0 Å². The standard InChI is InChI=1S/C17H12O3/c1-9-7-15(18)20-14-6-4-11-3-5-13-12(8-10(2)19-13)17(11)16(9)14/h3-8H,1-2H3. The number of fused-ring (bicyclic) bond motifs is 5. The Morgan fingerprint density at radius 3 is 2.40 bits per heavy atom. The van der Waals surface area contributed by atoms with Crippen molar-refractivity contribution in [2.75, 3.05) is 0 Å². The summed E-state index contributed by atoms with van der Waals surface area (Å²) in [6.07, 6.45) is 0. The predicted octanol–water partition coefficient (Wildman–Crippen LogP) is 4.31. The molecule has 2 aromatic carbocycles. The molecule has 0 aliphatic heterocycles. The molecule has 0 aliphatic rings. The second-order valence-corrected chi connectivity index (χ2v) is 5.12. The van der Waals surface area contributed by atoms with Gasteiger partial charge >= 0.3 is 5.63 Å². The zero-order valence-corrected chi connectivity index (χ0v) is 11.2. The molecule has 0 aliphatic carbocycles. The molecule has 98 valence electrons. The molecule has 0 N–H and O–H groups in total. The molecule has 0 saturated heterocycles. The van der Waals surface area contributed by atoms with Crippen LogP contribution in [0.2, 0.25) is 0 Å². The third-order valence-corrected chi connectivity index (χ3v) is 3.71. The molecule has 0 saturated carbocycles. The minimum Gasteiger partial charge on any atom is -0.461 e. The van der Waals surface area contributed by atoms with E-state index >= 15 is 0 Å². The Kier molecular flexibility index (Phi) is 2.11. The number of hydrogen-bond donors (Lipinski definition) is 0. The second kappa shape index (κ2) is 3.73. The Hall–Kier alpha value is -2.55. The monoisotopic (exact) mass is 264 g/mol. The highest BCUT2D eigenvalue weighted by molar-refractivity contribution is 6.19. The molecule has 0 fully saturated rings. The summed E-state index contributed by atoms with van der Waals surface area (Å²) in [5.41, 5.74) is 2.08.